The lowest BCUT2D eigenvalue weighted by atomic mass is 9.92. The van der Waals surface area contributed by atoms with Crippen LogP contribution in [0.2, 0.25) is 10.0 Å². The third-order valence-electron chi connectivity index (χ3n) is 3.32. The summed E-state index contributed by atoms with van der Waals surface area (Å²) in [7, 11) is 0. The maximum Gasteiger partial charge on any atom is 0.126 e. The first kappa shape index (κ1) is 15.3. The van der Waals surface area contributed by atoms with E-state index in [1.54, 1.807) is 24.3 Å². The largest absolute Gasteiger partial charge is 0.330 e. The Bertz CT molecular complexity index is 586. The number of rotatable bonds is 5. The van der Waals surface area contributed by atoms with Crippen LogP contribution in [0.15, 0.2) is 42.5 Å². The van der Waals surface area contributed by atoms with Crippen LogP contribution in [-0.4, -0.2) is 6.54 Å². The first-order valence-electron chi connectivity index (χ1n) is 6.47. The highest BCUT2D eigenvalue weighted by molar-refractivity contribution is 6.35. The molecule has 0 heterocycles. The summed E-state index contributed by atoms with van der Waals surface area (Å²) < 4.78 is 13.7. The van der Waals surface area contributed by atoms with Gasteiger partial charge in [0.25, 0.3) is 0 Å². The molecule has 4 heteroatoms. The highest BCUT2D eigenvalue weighted by Crippen LogP contribution is 2.24. The Kier molecular flexibility index (Phi) is 5.41. The van der Waals surface area contributed by atoms with E-state index in [2.05, 4.69) is 0 Å². The molecule has 0 saturated carbocycles. The zero-order valence-electron chi connectivity index (χ0n) is 11.0. The molecule has 1 nitrogen and oxygen atoms in total. The van der Waals surface area contributed by atoms with Gasteiger partial charge in [0.05, 0.1) is 0 Å². The van der Waals surface area contributed by atoms with Crippen LogP contribution >= 0.6 is 23.2 Å². The van der Waals surface area contributed by atoms with E-state index in [4.69, 9.17) is 28.9 Å². The summed E-state index contributed by atoms with van der Waals surface area (Å²) >= 11 is 12.0. The monoisotopic (exact) mass is 311 g/mol. The molecule has 2 aromatic carbocycles. The number of nitrogens with two attached hydrogens (primary N) is 1. The van der Waals surface area contributed by atoms with Crippen molar-refractivity contribution in [1.82, 2.24) is 0 Å². The van der Waals surface area contributed by atoms with Crippen LogP contribution in [0.1, 0.15) is 11.1 Å². The number of hydrogen-bond acceptors (Lipinski definition) is 1. The molecular weight excluding hydrogens is 296 g/mol. The summed E-state index contributed by atoms with van der Waals surface area (Å²) in [5.74, 6) is -0.0428. The molecule has 0 radical (unpaired) electrons. The fraction of sp³-hybridized carbons (Fsp3) is 0.250. The molecule has 0 aliphatic carbocycles. The second-order valence-electron chi connectivity index (χ2n) is 4.84. The van der Waals surface area contributed by atoms with Gasteiger partial charge in [-0.2, -0.15) is 0 Å². The van der Waals surface area contributed by atoms with Crippen molar-refractivity contribution in [3.63, 3.8) is 0 Å². The molecule has 2 rings (SSSR count). The molecule has 0 aromatic heterocycles. The molecule has 106 valence electrons. The highest BCUT2D eigenvalue weighted by Gasteiger charge is 2.13. The molecule has 0 amide bonds. The molecule has 2 aromatic rings. The Hall–Kier alpha value is -1.09. The maximum absolute atomic E-state index is 13.7. The van der Waals surface area contributed by atoms with Crippen molar-refractivity contribution in [1.29, 1.82) is 0 Å². The lowest BCUT2D eigenvalue weighted by Crippen LogP contribution is -2.20. The van der Waals surface area contributed by atoms with Crippen LogP contribution in [0.3, 0.4) is 0 Å². The van der Waals surface area contributed by atoms with Crippen LogP contribution in [0.25, 0.3) is 0 Å². The molecule has 0 fully saturated rings. The van der Waals surface area contributed by atoms with Crippen molar-refractivity contribution in [2.75, 3.05) is 6.54 Å². The smallest absolute Gasteiger partial charge is 0.126 e. The standard InChI is InChI=1S/C16H16Cl2FN/c17-14-6-5-12(15(18)9-14)7-11(10-20)8-13-3-1-2-4-16(13)19/h1-6,9,11H,7-8,10,20H2. The molecule has 0 aliphatic rings. The van der Waals surface area contributed by atoms with E-state index in [0.29, 0.717) is 35.0 Å². The highest BCUT2D eigenvalue weighted by atomic mass is 35.5. The fourth-order valence-corrected chi connectivity index (χ4v) is 2.70. The lowest BCUT2D eigenvalue weighted by molar-refractivity contribution is 0.512. The van der Waals surface area contributed by atoms with Gasteiger partial charge < -0.3 is 5.73 Å². The second kappa shape index (κ2) is 7.07. The van der Waals surface area contributed by atoms with Gasteiger partial charge >= 0.3 is 0 Å². The summed E-state index contributed by atoms with van der Waals surface area (Å²) in [6.07, 6.45) is 1.31. The van der Waals surface area contributed by atoms with Gasteiger partial charge in [-0.1, -0.05) is 47.5 Å². The van der Waals surface area contributed by atoms with Crippen molar-refractivity contribution in [2.24, 2.45) is 11.7 Å². The van der Waals surface area contributed by atoms with E-state index in [1.165, 1.54) is 6.07 Å². The van der Waals surface area contributed by atoms with Crippen LogP contribution < -0.4 is 5.73 Å². The Labute approximate surface area is 128 Å². The van der Waals surface area contributed by atoms with Crippen molar-refractivity contribution in [3.8, 4) is 0 Å². The van der Waals surface area contributed by atoms with Crippen molar-refractivity contribution < 1.29 is 4.39 Å². The van der Waals surface area contributed by atoms with E-state index in [0.717, 1.165) is 5.56 Å². The second-order valence-corrected chi connectivity index (χ2v) is 5.68. The molecule has 1 atom stereocenters. The first-order chi connectivity index (χ1) is 9.60. The third-order valence-corrected chi connectivity index (χ3v) is 3.91. The van der Waals surface area contributed by atoms with Crippen LogP contribution in [0.4, 0.5) is 4.39 Å². The Morgan fingerprint density at radius 1 is 1.00 bits per heavy atom. The topological polar surface area (TPSA) is 26.0 Å². The molecule has 0 aliphatic heterocycles. The van der Waals surface area contributed by atoms with E-state index < -0.39 is 0 Å². The van der Waals surface area contributed by atoms with Crippen molar-refractivity contribution in [3.05, 3.63) is 69.5 Å². The number of hydrogen-bond donors (Lipinski definition) is 1. The Balaban J connectivity index is 2.11. The lowest BCUT2D eigenvalue weighted by Gasteiger charge is -2.16. The summed E-state index contributed by atoms with van der Waals surface area (Å²) in [5, 5.41) is 1.24. The van der Waals surface area contributed by atoms with Gasteiger partial charge in [0.15, 0.2) is 0 Å². The van der Waals surface area contributed by atoms with Crippen LogP contribution in [0, 0.1) is 11.7 Å². The van der Waals surface area contributed by atoms with Gasteiger partial charge in [-0.05, 0) is 54.6 Å². The minimum atomic E-state index is -0.187. The number of benzene rings is 2. The zero-order valence-corrected chi connectivity index (χ0v) is 12.5. The summed E-state index contributed by atoms with van der Waals surface area (Å²) in [6.45, 7) is 0.479. The summed E-state index contributed by atoms with van der Waals surface area (Å²) in [5.41, 5.74) is 7.48. The van der Waals surface area contributed by atoms with Gasteiger partial charge in [0.2, 0.25) is 0 Å². The molecular formula is C16H16Cl2FN. The fourth-order valence-electron chi connectivity index (χ4n) is 2.21. The van der Waals surface area contributed by atoms with Crippen LogP contribution in [-0.2, 0) is 12.8 Å². The summed E-state index contributed by atoms with van der Waals surface area (Å²) in [4.78, 5) is 0. The Morgan fingerprint density at radius 2 is 1.70 bits per heavy atom. The predicted octanol–water partition coefficient (Wildman–Crippen LogP) is 4.49. The third kappa shape index (κ3) is 3.95. The average Bonchev–Trinajstić information content (AvgIpc) is 2.43. The quantitative estimate of drug-likeness (QED) is 0.865. The van der Waals surface area contributed by atoms with Crippen LogP contribution in [0.5, 0.6) is 0 Å². The van der Waals surface area contributed by atoms with E-state index in [1.807, 2.05) is 12.1 Å². The van der Waals surface area contributed by atoms with Gasteiger partial charge in [-0.3, -0.25) is 0 Å². The molecule has 20 heavy (non-hydrogen) atoms. The van der Waals surface area contributed by atoms with Crippen molar-refractivity contribution >= 4 is 23.2 Å². The molecule has 0 saturated heterocycles. The van der Waals surface area contributed by atoms with Gasteiger partial charge in [-0.25, -0.2) is 4.39 Å². The van der Waals surface area contributed by atoms with Gasteiger partial charge in [0.1, 0.15) is 5.82 Å². The van der Waals surface area contributed by atoms with E-state index in [9.17, 15) is 4.39 Å². The predicted molar refractivity (Wildman–Crippen MR) is 82.8 cm³/mol. The SMILES string of the molecule is NCC(Cc1ccccc1F)Cc1ccc(Cl)cc1Cl. The minimum Gasteiger partial charge on any atom is -0.330 e. The van der Waals surface area contributed by atoms with E-state index >= 15 is 0 Å². The molecule has 0 bridgehead atoms. The minimum absolute atomic E-state index is 0.144. The maximum atomic E-state index is 13.7. The first-order valence-corrected chi connectivity index (χ1v) is 7.23. The normalized spacial score (nSPS) is 12.4. The van der Waals surface area contributed by atoms with E-state index in [-0.39, 0.29) is 11.7 Å². The van der Waals surface area contributed by atoms with Crippen molar-refractivity contribution in [2.45, 2.75) is 12.8 Å². The molecule has 1 unspecified atom stereocenters. The zero-order chi connectivity index (χ0) is 14.5. The summed E-state index contributed by atoms with van der Waals surface area (Å²) in [6, 6.07) is 12.2. The molecule has 2 N–H and O–H groups in total. The van der Waals surface area contributed by atoms with Gasteiger partial charge in [0, 0.05) is 10.0 Å². The molecule has 0 spiro atoms. The Morgan fingerprint density at radius 3 is 2.35 bits per heavy atom. The number of halogens is 3. The van der Waals surface area contributed by atoms with Gasteiger partial charge in [-0.15, -0.1) is 0 Å². The average molecular weight is 312 g/mol.